The first-order valence-electron chi connectivity index (χ1n) is 15.2. The van der Waals surface area contributed by atoms with Gasteiger partial charge in [-0.2, -0.15) is 0 Å². The summed E-state index contributed by atoms with van der Waals surface area (Å²) >= 11 is 6.50. The van der Waals surface area contributed by atoms with E-state index in [2.05, 4.69) is 64.0 Å². The predicted molar refractivity (Wildman–Crippen MR) is 183 cm³/mol. The van der Waals surface area contributed by atoms with E-state index in [0.717, 1.165) is 29.2 Å². The van der Waals surface area contributed by atoms with E-state index < -0.39 is 5.38 Å². The van der Waals surface area contributed by atoms with Gasteiger partial charge < -0.3 is 10.1 Å². The Balaban J connectivity index is 1.44. The standard InChI is InChI=1S/C37H40ClN3O3/c1-7-36(3,4)25-18-20-32(27(21-25)37(5,6)8-2)44-23-33(42)40-29-15-11-12-16-30(29)41-31-19-17-24-13-9-10-14-26(24)34(31)39-22-28(38)35(41)43/h9-22,28H,7-8,23H2,1-6H3,(H,40,42). The first-order chi connectivity index (χ1) is 21.0. The number of aliphatic imine (C=N–C) groups is 1. The number of rotatable bonds is 9. The van der Waals surface area contributed by atoms with Crippen molar-refractivity contribution < 1.29 is 14.3 Å². The smallest absolute Gasteiger partial charge is 0.262 e. The molecule has 7 heteroatoms. The summed E-state index contributed by atoms with van der Waals surface area (Å²) in [6.07, 6.45) is 3.40. The van der Waals surface area contributed by atoms with Crippen LogP contribution in [0.4, 0.5) is 22.7 Å². The summed E-state index contributed by atoms with van der Waals surface area (Å²) in [4.78, 5) is 33.2. The minimum atomic E-state index is -0.978. The third-order valence-corrected chi connectivity index (χ3v) is 9.25. The number of para-hydroxylation sites is 2. The van der Waals surface area contributed by atoms with E-state index >= 15 is 0 Å². The largest absolute Gasteiger partial charge is 0.483 e. The lowest BCUT2D eigenvalue weighted by Crippen LogP contribution is -2.34. The molecule has 4 aromatic carbocycles. The highest BCUT2D eigenvalue weighted by molar-refractivity contribution is 6.42. The minimum absolute atomic E-state index is 0.0287. The number of amides is 2. The quantitative estimate of drug-likeness (QED) is 0.192. The van der Waals surface area contributed by atoms with Crippen molar-refractivity contribution in [2.45, 2.75) is 70.6 Å². The molecule has 228 valence electrons. The fraction of sp³-hybridized carbons (Fsp3) is 0.324. The molecule has 4 aromatic rings. The highest BCUT2D eigenvalue weighted by Gasteiger charge is 2.31. The van der Waals surface area contributed by atoms with Gasteiger partial charge in [-0.15, -0.1) is 11.6 Å². The van der Waals surface area contributed by atoms with Crippen LogP contribution in [-0.2, 0) is 20.4 Å². The number of hydrogen-bond donors (Lipinski definition) is 1. The molecule has 1 atom stereocenters. The van der Waals surface area contributed by atoms with E-state index in [-0.39, 0.29) is 29.3 Å². The molecule has 0 bridgehead atoms. The Morgan fingerprint density at radius 2 is 1.61 bits per heavy atom. The molecular weight excluding hydrogens is 570 g/mol. The van der Waals surface area contributed by atoms with Crippen molar-refractivity contribution in [3.8, 4) is 5.75 Å². The summed E-state index contributed by atoms with van der Waals surface area (Å²) in [5, 5.41) is 3.90. The van der Waals surface area contributed by atoms with Gasteiger partial charge in [-0.05, 0) is 58.9 Å². The normalized spacial score (nSPS) is 15.2. The van der Waals surface area contributed by atoms with Crippen LogP contribution < -0.4 is 15.0 Å². The number of alkyl halides is 1. The molecule has 0 fully saturated rings. The maximum atomic E-state index is 13.6. The van der Waals surface area contributed by atoms with E-state index in [4.69, 9.17) is 16.3 Å². The molecule has 0 saturated heterocycles. The van der Waals surface area contributed by atoms with Crippen molar-refractivity contribution in [3.63, 3.8) is 0 Å². The van der Waals surface area contributed by atoms with Crippen molar-refractivity contribution in [2.75, 3.05) is 16.8 Å². The average molecular weight is 610 g/mol. The number of anilines is 3. The number of hydrogen-bond acceptors (Lipinski definition) is 4. The van der Waals surface area contributed by atoms with E-state index in [0.29, 0.717) is 28.5 Å². The van der Waals surface area contributed by atoms with Gasteiger partial charge in [-0.25, -0.2) is 0 Å². The van der Waals surface area contributed by atoms with Gasteiger partial charge in [0.05, 0.1) is 22.7 Å². The topological polar surface area (TPSA) is 71.0 Å². The van der Waals surface area contributed by atoms with Gasteiger partial charge in [-0.3, -0.25) is 19.5 Å². The highest BCUT2D eigenvalue weighted by Crippen LogP contribution is 2.44. The Hall–Kier alpha value is -4.16. The summed E-state index contributed by atoms with van der Waals surface area (Å²) in [6.45, 7) is 13.0. The van der Waals surface area contributed by atoms with Crippen LogP contribution in [0.3, 0.4) is 0 Å². The zero-order valence-electron chi connectivity index (χ0n) is 26.3. The fourth-order valence-corrected chi connectivity index (χ4v) is 5.51. The van der Waals surface area contributed by atoms with Gasteiger partial charge >= 0.3 is 0 Å². The number of nitrogens with one attached hydrogen (secondary N) is 1. The number of benzene rings is 4. The van der Waals surface area contributed by atoms with E-state index in [1.807, 2.05) is 54.6 Å². The first kappa shape index (κ1) is 31.3. The maximum absolute atomic E-state index is 13.6. The third kappa shape index (κ3) is 6.09. The van der Waals surface area contributed by atoms with Crippen molar-refractivity contribution in [2.24, 2.45) is 4.99 Å². The van der Waals surface area contributed by atoms with Crippen LogP contribution in [0.1, 0.15) is 65.5 Å². The second-order valence-corrected chi connectivity index (χ2v) is 13.0. The van der Waals surface area contributed by atoms with Gasteiger partial charge in [0.25, 0.3) is 11.8 Å². The second kappa shape index (κ2) is 12.4. The number of nitrogens with zero attached hydrogens (tertiary/aromatic N) is 2. The third-order valence-electron chi connectivity index (χ3n) is 8.95. The first-order valence-corrected chi connectivity index (χ1v) is 15.6. The molecule has 5 rings (SSSR count). The molecule has 0 spiro atoms. The Bertz CT molecular complexity index is 1740. The van der Waals surface area contributed by atoms with Crippen LogP contribution in [0.5, 0.6) is 5.75 Å². The molecule has 1 aliphatic rings. The Kier molecular flexibility index (Phi) is 8.85. The van der Waals surface area contributed by atoms with Crippen molar-refractivity contribution in [3.05, 3.63) is 90.0 Å². The summed E-state index contributed by atoms with van der Waals surface area (Å²) in [5.74, 6) is 0.000785. The summed E-state index contributed by atoms with van der Waals surface area (Å²) in [6, 6.07) is 25.2. The summed E-state index contributed by atoms with van der Waals surface area (Å²) in [7, 11) is 0. The lowest BCUT2D eigenvalue weighted by molar-refractivity contribution is -0.118. The van der Waals surface area contributed by atoms with Gasteiger partial charge in [0.1, 0.15) is 11.1 Å². The molecule has 6 nitrogen and oxygen atoms in total. The minimum Gasteiger partial charge on any atom is -0.483 e. The van der Waals surface area contributed by atoms with Crippen LogP contribution in [0.15, 0.2) is 83.9 Å². The SMILES string of the molecule is CCC(C)(C)c1ccc(OCC(=O)Nc2ccccc2N2C(=O)C(Cl)C=Nc3c2ccc2ccccc32)c(C(C)(C)CC)c1. The van der Waals surface area contributed by atoms with E-state index in [1.165, 1.54) is 11.8 Å². The molecule has 44 heavy (non-hydrogen) atoms. The molecule has 0 aromatic heterocycles. The Labute approximate surface area is 265 Å². The van der Waals surface area contributed by atoms with Crippen LogP contribution in [0.2, 0.25) is 0 Å². The van der Waals surface area contributed by atoms with Crippen LogP contribution >= 0.6 is 11.6 Å². The number of halogens is 1. The van der Waals surface area contributed by atoms with Crippen LogP contribution in [-0.4, -0.2) is 30.0 Å². The van der Waals surface area contributed by atoms with Crippen LogP contribution in [0.25, 0.3) is 10.8 Å². The van der Waals surface area contributed by atoms with Gasteiger partial charge in [0, 0.05) is 17.2 Å². The van der Waals surface area contributed by atoms with Gasteiger partial charge in [0.2, 0.25) is 0 Å². The predicted octanol–water partition coefficient (Wildman–Crippen LogP) is 9.22. The molecule has 1 heterocycles. The molecule has 1 unspecified atom stereocenters. The van der Waals surface area contributed by atoms with Gasteiger partial charge in [0.15, 0.2) is 6.61 Å². The summed E-state index contributed by atoms with van der Waals surface area (Å²) < 4.78 is 6.17. The number of carbonyl (C=O) groups is 2. The number of carbonyl (C=O) groups excluding carboxylic acids is 2. The zero-order valence-corrected chi connectivity index (χ0v) is 27.0. The average Bonchev–Trinajstić information content (AvgIpc) is 3.15. The van der Waals surface area contributed by atoms with E-state index in [9.17, 15) is 9.59 Å². The lowest BCUT2D eigenvalue weighted by atomic mass is 9.76. The molecule has 0 saturated carbocycles. The summed E-state index contributed by atoms with van der Waals surface area (Å²) in [5.41, 5.74) is 4.42. The van der Waals surface area contributed by atoms with Gasteiger partial charge in [-0.1, -0.05) is 96.1 Å². The maximum Gasteiger partial charge on any atom is 0.262 e. The van der Waals surface area contributed by atoms with Crippen molar-refractivity contribution in [1.82, 2.24) is 0 Å². The zero-order chi connectivity index (χ0) is 31.6. The molecular formula is C37H40ClN3O3. The van der Waals surface area contributed by atoms with Crippen molar-refractivity contribution >= 4 is 63.2 Å². The molecule has 0 radical (unpaired) electrons. The van der Waals surface area contributed by atoms with E-state index in [1.54, 1.807) is 17.0 Å². The number of fused-ring (bicyclic) bond motifs is 3. The Morgan fingerprint density at radius 3 is 2.36 bits per heavy atom. The monoisotopic (exact) mass is 609 g/mol. The molecule has 0 aliphatic carbocycles. The lowest BCUT2D eigenvalue weighted by Gasteiger charge is -2.30. The second-order valence-electron chi connectivity index (χ2n) is 12.5. The molecule has 1 aliphatic heterocycles. The van der Waals surface area contributed by atoms with Crippen LogP contribution in [0, 0.1) is 0 Å². The Morgan fingerprint density at radius 1 is 0.909 bits per heavy atom. The number of ether oxygens (including phenoxy) is 1. The fourth-order valence-electron chi connectivity index (χ4n) is 5.36. The highest BCUT2D eigenvalue weighted by atomic mass is 35.5. The molecule has 2 amide bonds. The van der Waals surface area contributed by atoms with Crippen molar-refractivity contribution in [1.29, 1.82) is 0 Å². The molecule has 1 N–H and O–H groups in total.